The molecule has 0 aliphatic heterocycles. The number of nitrogens with zero attached hydrogens (tertiary/aromatic N) is 1. The number of phenols is 3. The molecule has 0 aromatic heterocycles. The third-order valence-electron chi connectivity index (χ3n) is 5.54. The zero-order valence-electron chi connectivity index (χ0n) is 18.2. The number of anilines is 3. The van der Waals surface area contributed by atoms with E-state index in [1.54, 1.807) is 30.3 Å². The Morgan fingerprint density at radius 1 is 0.656 bits per heavy atom. The average molecular weight is 428 g/mol. The Labute approximate surface area is 187 Å². The maximum absolute atomic E-state index is 10.3. The lowest BCUT2D eigenvalue weighted by molar-refractivity contribution is 0.408. The monoisotopic (exact) mass is 427 g/mol. The van der Waals surface area contributed by atoms with Crippen LogP contribution in [0.2, 0.25) is 0 Å². The summed E-state index contributed by atoms with van der Waals surface area (Å²) in [6, 6.07) is 23.5. The van der Waals surface area contributed by atoms with E-state index in [0.717, 1.165) is 22.6 Å². The van der Waals surface area contributed by atoms with Crippen LogP contribution in [0.15, 0.2) is 78.9 Å². The third-order valence-corrected chi connectivity index (χ3v) is 5.54. The number of hydrogen-bond donors (Lipinski definition) is 3. The van der Waals surface area contributed by atoms with Crippen molar-refractivity contribution in [3.63, 3.8) is 0 Å². The van der Waals surface area contributed by atoms with Crippen LogP contribution in [-0.4, -0.2) is 15.3 Å². The molecule has 0 fully saturated rings. The molecule has 5 heteroatoms. The summed E-state index contributed by atoms with van der Waals surface area (Å²) in [5, 5.41) is 31.0. The number of rotatable bonds is 5. The number of para-hydroxylation sites is 1. The van der Waals surface area contributed by atoms with Crippen molar-refractivity contribution in [3.05, 3.63) is 95.6 Å². The summed E-state index contributed by atoms with van der Waals surface area (Å²) in [6.45, 7) is 5.51. The van der Waals surface area contributed by atoms with E-state index in [2.05, 4.69) is 0 Å². The molecule has 4 aromatic carbocycles. The molecule has 0 aliphatic rings. The predicted octanol–water partition coefficient (Wildman–Crippen LogP) is 6.99. The van der Waals surface area contributed by atoms with Crippen molar-refractivity contribution < 1.29 is 20.1 Å². The Bertz CT molecular complexity index is 1230. The maximum Gasteiger partial charge on any atom is 0.169 e. The van der Waals surface area contributed by atoms with Gasteiger partial charge < -0.3 is 25.0 Å². The van der Waals surface area contributed by atoms with Crippen LogP contribution in [0, 0.1) is 20.8 Å². The van der Waals surface area contributed by atoms with Crippen LogP contribution in [0.25, 0.3) is 0 Å². The fourth-order valence-electron chi connectivity index (χ4n) is 3.64. The highest BCUT2D eigenvalue weighted by molar-refractivity contribution is 5.82. The molecule has 0 atom stereocenters. The predicted molar refractivity (Wildman–Crippen MR) is 127 cm³/mol. The molecular formula is C27H25NO4. The molecular weight excluding hydrogens is 402 g/mol. The Morgan fingerprint density at radius 2 is 1.22 bits per heavy atom. The van der Waals surface area contributed by atoms with E-state index in [0.29, 0.717) is 22.6 Å². The van der Waals surface area contributed by atoms with Crippen molar-refractivity contribution in [2.24, 2.45) is 0 Å². The third kappa shape index (κ3) is 3.93. The van der Waals surface area contributed by atoms with Crippen LogP contribution >= 0.6 is 0 Å². The van der Waals surface area contributed by atoms with Crippen molar-refractivity contribution in [3.8, 4) is 28.7 Å². The van der Waals surface area contributed by atoms with Crippen LogP contribution < -0.4 is 9.64 Å². The number of benzene rings is 4. The molecule has 0 spiro atoms. The first kappa shape index (κ1) is 21.1. The summed E-state index contributed by atoms with van der Waals surface area (Å²) in [5.41, 5.74) is 4.46. The number of aromatic hydroxyl groups is 3. The van der Waals surface area contributed by atoms with Crippen LogP contribution in [-0.2, 0) is 0 Å². The van der Waals surface area contributed by atoms with Gasteiger partial charge in [0.15, 0.2) is 11.5 Å². The number of ether oxygens (including phenoxy) is 1. The van der Waals surface area contributed by atoms with Gasteiger partial charge in [-0.1, -0.05) is 30.3 Å². The zero-order valence-corrected chi connectivity index (χ0v) is 18.2. The van der Waals surface area contributed by atoms with Crippen molar-refractivity contribution >= 4 is 17.1 Å². The second kappa shape index (κ2) is 8.55. The van der Waals surface area contributed by atoms with E-state index < -0.39 is 0 Å². The first-order valence-corrected chi connectivity index (χ1v) is 10.3. The lowest BCUT2D eigenvalue weighted by Crippen LogP contribution is -2.12. The molecule has 0 aliphatic carbocycles. The molecule has 3 N–H and O–H groups in total. The summed E-state index contributed by atoms with van der Waals surface area (Å²) in [4.78, 5) is 1.97. The minimum Gasteiger partial charge on any atom is -0.508 e. The zero-order chi connectivity index (χ0) is 22.8. The summed E-state index contributed by atoms with van der Waals surface area (Å²) in [6.07, 6.45) is 0. The SMILES string of the molecule is Cc1cccc(Oc2cccc(N(c3cccc(O)c3C)c3cccc(O)c3C)c2)c1O. The Balaban J connectivity index is 1.85. The number of aryl methyl sites for hydroxylation is 1. The molecule has 5 nitrogen and oxygen atoms in total. The summed E-state index contributed by atoms with van der Waals surface area (Å²) >= 11 is 0. The standard InChI is InChI=1S/C27H25NO4/c1-17-8-4-15-26(27(17)31)32-21-10-5-9-20(16-21)28(22-11-6-13-24(29)18(22)2)23-12-7-14-25(30)19(23)3/h4-16,29-31H,1-3H3. The highest BCUT2D eigenvalue weighted by Gasteiger charge is 2.20. The second-order valence-corrected chi connectivity index (χ2v) is 7.70. The summed E-state index contributed by atoms with van der Waals surface area (Å²) in [7, 11) is 0. The van der Waals surface area contributed by atoms with Crippen molar-refractivity contribution in [1.29, 1.82) is 0 Å². The van der Waals surface area contributed by atoms with E-state index in [1.165, 1.54) is 0 Å². The molecule has 0 amide bonds. The maximum atomic E-state index is 10.3. The fraction of sp³-hybridized carbons (Fsp3) is 0.111. The number of hydrogen-bond acceptors (Lipinski definition) is 5. The Morgan fingerprint density at radius 3 is 1.84 bits per heavy atom. The van der Waals surface area contributed by atoms with E-state index in [9.17, 15) is 15.3 Å². The van der Waals surface area contributed by atoms with E-state index in [4.69, 9.17) is 4.74 Å². The van der Waals surface area contributed by atoms with Crippen LogP contribution in [0.1, 0.15) is 16.7 Å². The van der Waals surface area contributed by atoms with Gasteiger partial charge in [0.1, 0.15) is 17.2 Å². The van der Waals surface area contributed by atoms with Crippen molar-refractivity contribution in [1.82, 2.24) is 0 Å². The first-order valence-electron chi connectivity index (χ1n) is 10.3. The lowest BCUT2D eigenvalue weighted by Gasteiger charge is -2.29. The molecule has 0 heterocycles. The Hall–Kier alpha value is -4.12. The largest absolute Gasteiger partial charge is 0.508 e. The van der Waals surface area contributed by atoms with Gasteiger partial charge in [0.25, 0.3) is 0 Å². The van der Waals surface area contributed by atoms with E-state index >= 15 is 0 Å². The number of phenolic OH excluding ortho intramolecular Hbond substituents is 3. The minimum absolute atomic E-state index is 0.0995. The van der Waals surface area contributed by atoms with E-state index in [1.807, 2.05) is 74.2 Å². The van der Waals surface area contributed by atoms with Crippen LogP contribution in [0.5, 0.6) is 28.7 Å². The van der Waals surface area contributed by atoms with Gasteiger partial charge in [-0.25, -0.2) is 0 Å². The van der Waals surface area contributed by atoms with Gasteiger partial charge in [0, 0.05) is 22.9 Å². The minimum atomic E-state index is 0.0995. The van der Waals surface area contributed by atoms with Crippen LogP contribution in [0.4, 0.5) is 17.1 Å². The molecule has 4 rings (SSSR count). The van der Waals surface area contributed by atoms with Crippen molar-refractivity contribution in [2.75, 3.05) is 4.90 Å². The van der Waals surface area contributed by atoms with Gasteiger partial charge in [-0.05, 0) is 68.8 Å². The quantitative estimate of drug-likeness (QED) is 0.320. The van der Waals surface area contributed by atoms with Crippen LogP contribution in [0.3, 0.4) is 0 Å². The molecule has 4 aromatic rings. The molecule has 0 saturated heterocycles. The fourth-order valence-corrected chi connectivity index (χ4v) is 3.64. The lowest BCUT2D eigenvalue weighted by atomic mass is 10.1. The van der Waals surface area contributed by atoms with Gasteiger partial charge in [0.2, 0.25) is 0 Å². The molecule has 32 heavy (non-hydrogen) atoms. The van der Waals surface area contributed by atoms with Gasteiger partial charge in [0.05, 0.1) is 11.4 Å². The van der Waals surface area contributed by atoms with Gasteiger partial charge in [-0.15, -0.1) is 0 Å². The highest BCUT2D eigenvalue weighted by Crippen LogP contribution is 2.43. The molecule has 0 bridgehead atoms. The molecule has 162 valence electrons. The van der Waals surface area contributed by atoms with Gasteiger partial charge in [-0.3, -0.25) is 0 Å². The molecule has 0 radical (unpaired) electrons. The smallest absolute Gasteiger partial charge is 0.169 e. The first-order chi connectivity index (χ1) is 15.4. The topological polar surface area (TPSA) is 73.2 Å². The second-order valence-electron chi connectivity index (χ2n) is 7.70. The molecule has 0 saturated carbocycles. The Kier molecular flexibility index (Phi) is 5.65. The summed E-state index contributed by atoms with van der Waals surface area (Å²) in [5.74, 6) is 1.38. The van der Waals surface area contributed by atoms with Gasteiger partial charge >= 0.3 is 0 Å². The van der Waals surface area contributed by atoms with Crippen molar-refractivity contribution in [2.45, 2.75) is 20.8 Å². The average Bonchev–Trinajstić information content (AvgIpc) is 2.78. The highest BCUT2D eigenvalue weighted by atomic mass is 16.5. The summed E-state index contributed by atoms with van der Waals surface area (Å²) < 4.78 is 5.99. The molecule has 0 unspecified atom stereocenters. The van der Waals surface area contributed by atoms with Gasteiger partial charge in [-0.2, -0.15) is 0 Å². The van der Waals surface area contributed by atoms with E-state index in [-0.39, 0.29) is 17.2 Å². The normalized spacial score (nSPS) is 10.7.